The molecule has 1 amide bonds. The van der Waals surface area contributed by atoms with Crippen molar-refractivity contribution < 1.29 is 27.9 Å². The Labute approximate surface area is 134 Å². The second-order valence-corrected chi connectivity index (χ2v) is 7.74. The van der Waals surface area contributed by atoms with Crippen LogP contribution in [0.25, 0.3) is 0 Å². The van der Waals surface area contributed by atoms with Crippen molar-refractivity contribution in [3.63, 3.8) is 0 Å². The highest BCUT2D eigenvalue weighted by atomic mass is 32.2. The number of nitrogens with one attached hydrogen (secondary N) is 1. The molecule has 0 bridgehead atoms. The van der Waals surface area contributed by atoms with Crippen molar-refractivity contribution in [3.8, 4) is 0 Å². The number of carbonyl (C=O) groups is 2. The van der Waals surface area contributed by atoms with E-state index < -0.39 is 33.9 Å². The molecule has 8 heteroatoms. The van der Waals surface area contributed by atoms with E-state index in [9.17, 15) is 18.0 Å². The number of hydrogen-bond acceptors (Lipinski definition) is 6. The van der Waals surface area contributed by atoms with E-state index in [1.54, 1.807) is 12.1 Å². The van der Waals surface area contributed by atoms with Crippen LogP contribution in [0.15, 0.2) is 24.3 Å². The Morgan fingerprint density at radius 1 is 1.35 bits per heavy atom. The Balaban J connectivity index is 1.88. The molecule has 1 aromatic carbocycles. The Morgan fingerprint density at radius 2 is 2.00 bits per heavy atom. The van der Waals surface area contributed by atoms with Gasteiger partial charge in [-0.2, -0.15) is 0 Å². The Hall–Kier alpha value is -1.93. The van der Waals surface area contributed by atoms with Crippen LogP contribution in [0, 0.1) is 0 Å². The molecule has 1 aromatic rings. The van der Waals surface area contributed by atoms with E-state index in [2.05, 4.69) is 5.32 Å². The first-order valence-electron chi connectivity index (χ1n) is 7.22. The van der Waals surface area contributed by atoms with Crippen LogP contribution in [0.1, 0.15) is 29.3 Å². The van der Waals surface area contributed by atoms with Gasteiger partial charge >= 0.3 is 5.97 Å². The SMILES string of the molecule is C[C@H](OC(=O)c1ccc(CO)cc1)C(=O)N[C@H]1CCS(=O)(=O)C1. The molecule has 1 heterocycles. The van der Waals surface area contributed by atoms with Crippen LogP contribution >= 0.6 is 0 Å². The molecule has 2 rings (SSSR count). The van der Waals surface area contributed by atoms with Crippen molar-refractivity contribution >= 4 is 21.7 Å². The summed E-state index contributed by atoms with van der Waals surface area (Å²) in [7, 11) is -3.08. The number of rotatable bonds is 5. The van der Waals surface area contributed by atoms with E-state index in [1.165, 1.54) is 19.1 Å². The molecule has 7 nitrogen and oxygen atoms in total. The number of aliphatic hydroxyl groups excluding tert-OH is 1. The molecule has 1 aliphatic heterocycles. The lowest BCUT2D eigenvalue weighted by molar-refractivity contribution is -0.129. The summed E-state index contributed by atoms with van der Waals surface area (Å²) in [5.41, 5.74) is 0.931. The molecule has 126 valence electrons. The van der Waals surface area contributed by atoms with Gasteiger partial charge in [-0.15, -0.1) is 0 Å². The van der Waals surface area contributed by atoms with Gasteiger partial charge in [0.2, 0.25) is 0 Å². The zero-order valence-corrected chi connectivity index (χ0v) is 13.5. The van der Waals surface area contributed by atoms with Gasteiger partial charge in [0.1, 0.15) is 0 Å². The fourth-order valence-electron chi connectivity index (χ4n) is 2.26. The molecule has 2 N–H and O–H groups in total. The molecule has 23 heavy (non-hydrogen) atoms. The van der Waals surface area contributed by atoms with Crippen LogP contribution in [0.2, 0.25) is 0 Å². The van der Waals surface area contributed by atoms with Gasteiger partial charge in [-0.3, -0.25) is 4.79 Å². The lowest BCUT2D eigenvalue weighted by Gasteiger charge is -2.16. The molecule has 0 unspecified atom stereocenters. The van der Waals surface area contributed by atoms with E-state index in [-0.39, 0.29) is 23.7 Å². The molecular formula is C15H19NO6S. The predicted molar refractivity (Wildman–Crippen MR) is 82.4 cm³/mol. The molecule has 1 fully saturated rings. The second-order valence-electron chi connectivity index (χ2n) is 5.51. The molecule has 0 radical (unpaired) electrons. The number of benzene rings is 1. The number of hydrogen-bond donors (Lipinski definition) is 2. The normalized spacial score (nSPS) is 20.7. The molecule has 0 saturated carbocycles. The highest BCUT2D eigenvalue weighted by molar-refractivity contribution is 7.91. The number of esters is 1. The number of ether oxygens (including phenoxy) is 1. The van der Waals surface area contributed by atoms with Crippen LogP contribution in [0.4, 0.5) is 0 Å². The van der Waals surface area contributed by atoms with Crippen LogP contribution in [-0.4, -0.2) is 49.1 Å². The lowest BCUT2D eigenvalue weighted by Crippen LogP contribution is -2.42. The van der Waals surface area contributed by atoms with Crippen molar-refractivity contribution in [2.45, 2.75) is 32.1 Å². The van der Waals surface area contributed by atoms with Crippen LogP contribution < -0.4 is 5.32 Å². The molecule has 1 aliphatic rings. The average Bonchev–Trinajstić information content (AvgIpc) is 2.86. The molecule has 1 saturated heterocycles. The maximum Gasteiger partial charge on any atom is 0.338 e. The molecule has 0 aliphatic carbocycles. The molecule has 2 atom stereocenters. The molecule has 0 aromatic heterocycles. The summed E-state index contributed by atoms with van der Waals surface area (Å²) in [5, 5.41) is 11.5. The quantitative estimate of drug-likeness (QED) is 0.731. The maximum atomic E-state index is 12.0. The van der Waals surface area contributed by atoms with Crippen molar-refractivity contribution in [1.82, 2.24) is 5.32 Å². The smallest absolute Gasteiger partial charge is 0.338 e. The average molecular weight is 341 g/mol. The first-order chi connectivity index (χ1) is 10.8. The third-order valence-corrected chi connectivity index (χ3v) is 5.37. The van der Waals surface area contributed by atoms with Crippen LogP contribution in [0.5, 0.6) is 0 Å². The first-order valence-corrected chi connectivity index (χ1v) is 9.04. The third-order valence-electron chi connectivity index (χ3n) is 3.60. The minimum Gasteiger partial charge on any atom is -0.449 e. The lowest BCUT2D eigenvalue weighted by atomic mass is 10.1. The van der Waals surface area contributed by atoms with Crippen molar-refractivity contribution in [2.24, 2.45) is 0 Å². The number of amides is 1. The van der Waals surface area contributed by atoms with Crippen molar-refractivity contribution in [1.29, 1.82) is 0 Å². The van der Waals surface area contributed by atoms with Crippen LogP contribution in [-0.2, 0) is 26.0 Å². The van der Waals surface area contributed by atoms with Gasteiger partial charge in [0, 0.05) is 6.04 Å². The molecule has 0 spiro atoms. The monoisotopic (exact) mass is 341 g/mol. The summed E-state index contributed by atoms with van der Waals surface area (Å²) >= 11 is 0. The minimum absolute atomic E-state index is 0.0589. The fourth-order valence-corrected chi connectivity index (χ4v) is 3.93. The van der Waals surface area contributed by atoms with Crippen LogP contribution in [0.3, 0.4) is 0 Å². The van der Waals surface area contributed by atoms with E-state index in [1.807, 2.05) is 0 Å². The number of aliphatic hydroxyl groups is 1. The Kier molecular flexibility index (Phi) is 5.38. The fraction of sp³-hybridized carbons (Fsp3) is 0.467. The standard InChI is InChI=1S/C15H19NO6S/c1-10(14(18)16-13-6-7-23(20,21)9-13)22-15(19)12-4-2-11(8-17)3-5-12/h2-5,10,13,17H,6-9H2,1H3,(H,16,18)/t10-,13-/m0/s1. The zero-order chi connectivity index (χ0) is 17.0. The topological polar surface area (TPSA) is 110 Å². The van der Waals surface area contributed by atoms with E-state index >= 15 is 0 Å². The highest BCUT2D eigenvalue weighted by Crippen LogP contribution is 2.12. The van der Waals surface area contributed by atoms with Gasteiger partial charge in [0.15, 0.2) is 15.9 Å². The van der Waals surface area contributed by atoms with Gasteiger partial charge < -0.3 is 15.2 Å². The van der Waals surface area contributed by atoms with E-state index in [0.29, 0.717) is 12.0 Å². The first kappa shape index (κ1) is 17.4. The minimum atomic E-state index is -3.08. The van der Waals surface area contributed by atoms with Gasteiger partial charge in [-0.1, -0.05) is 12.1 Å². The maximum absolute atomic E-state index is 12.0. The second kappa shape index (κ2) is 7.10. The number of carbonyl (C=O) groups excluding carboxylic acids is 2. The van der Waals surface area contributed by atoms with E-state index in [0.717, 1.165) is 0 Å². The summed E-state index contributed by atoms with van der Waals surface area (Å²) in [6.45, 7) is 1.30. The molecular weight excluding hydrogens is 322 g/mol. The largest absolute Gasteiger partial charge is 0.449 e. The summed E-state index contributed by atoms with van der Waals surface area (Å²) in [6.07, 6.45) is -0.652. The number of sulfone groups is 1. The summed E-state index contributed by atoms with van der Waals surface area (Å²) < 4.78 is 27.8. The Morgan fingerprint density at radius 3 is 2.52 bits per heavy atom. The van der Waals surface area contributed by atoms with Gasteiger partial charge in [0.05, 0.1) is 23.7 Å². The van der Waals surface area contributed by atoms with Gasteiger partial charge in [-0.05, 0) is 31.0 Å². The predicted octanol–water partition coefficient (Wildman–Crippen LogP) is 0.0275. The summed E-state index contributed by atoms with van der Waals surface area (Å²) in [5.74, 6) is -1.20. The van der Waals surface area contributed by atoms with Crippen molar-refractivity contribution in [2.75, 3.05) is 11.5 Å². The summed E-state index contributed by atoms with van der Waals surface area (Å²) in [6, 6.07) is 5.75. The Bertz CT molecular complexity index is 682. The van der Waals surface area contributed by atoms with E-state index in [4.69, 9.17) is 9.84 Å². The zero-order valence-electron chi connectivity index (χ0n) is 12.7. The third kappa shape index (κ3) is 4.77. The summed E-state index contributed by atoms with van der Waals surface area (Å²) in [4.78, 5) is 23.9. The highest BCUT2D eigenvalue weighted by Gasteiger charge is 2.30. The van der Waals surface area contributed by atoms with Gasteiger partial charge in [-0.25, -0.2) is 13.2 Å². The van der Waals surface area contributed by atoms with Gasteiger partial charge in [0.25, 0.3) is 5.91 Å². The van der Waals surface area contributed by atoms with Crippen molar-refractivity contribution in [3.05, 3.63) is 35.4 Å².